The van der Waals surface area contributed by atoms with Gasteiger partial charge in [0, 0.05) is 6.42 Å². The molecule has 292 valence electrons. The number of amides is 1. The quantitative estimate of drug-likeness (QED) is 0.0314. The van der Waals surface area contributed by atoms with Crippen LogP contribution in [0.15, 0.2) is 36.5 Å². The number of carbonyl (C=O) groups is 1. The van der Waals surface area contributed by atoms with Crippen LogP contribution in [-0.4, -0.2) is 87.5 Å². The van der Waals surface area contributed by atoms with Gasteiger partial charge in [0.25, 0.3) is 0 Å². The molecule has 0 bridgehead atoms. The van der Waals surface area contributed by atoms with Crippen molar-refractivity contribution in [2.24, 2.45) is 0 Å². The first-order chi connectivity index (χ1) is 24.3. The van der Waals surface area contributed by atoms with Gasteiger partial charge in [-0.2, -0.15) is 0 Å². The molecule has 0 saturated carbocycles. The smallest absolute Gasteiger partial charge is 0.220 e. The standard InChI is InChI=1S/C41H75NO8/c1-3-5-7-9-11-13-15-17-19-21-23-25-27-29-31-37(45)42-34(33-49-41-40(48)39(47)38(46)36(32-43)50-41)35(44)30-28-26-24-22-20-18-16-14-12-10-8-6-4-2/h15,17,20,22,28,30,34-36,38-41,43-44,46-48H,3-14,16,18-19,21,23-27,29,31-33H2,1-2H3,(H,42,45)/b17-15-,22-20+,30-28+. The fraction of sp³-hybridized carbons (Fsp3) is 0.829. The second kappa shape index (κ2) is 32.1. The third-order valence-electron chi connectivity index (χ3n) is 9.44. The maximum absolute atomic E-state index is 12.9. The van der Waals surface area contributed by atoms with E-state index < -0.39 is 49.5 Å². The number of ether oxygens (including phenoxy) is 2. The summed E-state index contributed by atoms with van der Waals surface area (Å²) in [5.74, 6) is -0.199. The summed E-state index contributed by atoms with van der Waals surface area (Å²) in [6.07, 6.45) is 30.4. The van der Waals surface area contributed by atoms with E-state index >= 15 is 0 Å². The summed E-state index contributed by atoms with van der Waals surface area (Å²) in [4.78, 5) is 12.9. The number of aliphatic hydroxyl groups is 5. The van der Waals surface area contributed by atoms with E-state index in [4.69, 9.17) is 9.47 Å². The molecule has 7 atom stereocenters. The number of unbranched alkanes of at least 4 members (excludes halogenated alkanes) is 18. The van der Waals surface area contributed by atoms with Crippen molar-refractivity contribution in [3.8, 4) is 0 Å². The summed E-state index contributed by atoms with van der Waals surface area (Å²) in [6.45, 7) is 3.70. The van der Waals surface area contributed by atoms with Gasteiger partial charge in [-0.3, -0.25) is 4.79 Å². The van der Waals surface area contributed by atoms with Crippen LogP contribution in [0, 0.1) is 0 Å². The zero-order valence-corrected chi connectivity index (χ0v) is 31.6. The number of hydrogen-bond donors (Lipinski definition) is 6. The van der Waals surface area contributed by atoms with E-state index in [0.717, 1.165) is 57.8 Å². The molecule has 1 heterocycles. The van der Waals surface area contributed by atoms with Gasteiger partial charge in [0.05, 0.1) is 25.4 Å². The lowest BCUT2D eigenvalue weighted by Gasteiger charge is -2.40. The molecule has 1 aliphatic heterocycles. The minimum Gasteiger partial charge on any atom is -0.394 e. The average Bonchev–Trinajstić information content (AvgIpc) is 3.11. The Kier molecular flexibility index (Phi) is 29.8. The van der Waals surface area contributed by atoms with Gasteiger partial charge in [-0.25, -0.2) is 0 Å². The molecule has 0 spiro atoms. The van der Waals surface area contributed by atoms with Crippen LogP contribution in [0.1, 0.15) is 162 Å². The third-order valence-corrected chi connectivity index (χ3v) is 9.44. The van der Waals surface area contributed by atoms with Gasteiger partial charge >= 0.3 is 0 Å². The van der Waals surface area contributed by atoms with Crippen LogP contribution in [0.3, 0.4) is 0 Å². The van der Waals surface area contributed by atoms with Crippen molar-refractivity contribution in [3.05, 3.63) is 36.5 Å². The molecule has 9 heteroatoms. The van der Waals surface area contributed by atoms with Crippen LogP contribution >= 0.6 is 0 Å². The lowest BCUT2D eigenvalue weighted by atomic mass is 9.99. The van der Waals surface area contributed by atoms with Crippen LogP contribution in [0.2, 0.25) is 0 Å². The Bertz CT molecular complexity index is 879. The topological polar surface area (TPSA) is 149 Å². The number of hydrogen-bond acceptors (Lipinski definition) is 8. The zero-order valence-electron chi connectivity index (χ0n) is 31.6. The van der Waals surface area contributed by atoms with Gasteiger partial charge in [0.1, 0.15) is 24.4 Å². The second-order valence-corrected chi connectivity index (χ2v) is 14.1. The molecular formula is C41H75NO8. The molecule has 0 aromatic carbocycles. The molecule has 7 unspecified atom stereocenters. The predicted octanol–water partition coefficient (Wildman–Crippen LogP) is 7.33. The van der Waals surface area contributed by atoms with E-state index in [9.17, 15) is 30.3 Å². The van der Waals surface area contributed by atoms with Gasteiger partial charge < -0.3 is 40.3 Å². The van der Waals surface area contributed by atoms with Gasteiger partial charge in [-0.1, -0.05) is 134 Å². The fourth-order valence-electron chi connectivity index (χ4n) is 6.10. The largest absolute Gasteiger partial charge is 0.394 e. The number of allylic oxidation sites excluding steroid dienone is 5. The van der Waals surface area contributed by atoms with Crippen molar-refractivity contribution in [3.63, 3.8) is 0 Å². The molecule has 0 radical (unpaired) electrons. The molecule has 9 nitrogen and oxygen atoms in total. The lowest BCUT2D eigenvalue weighted by Crippen LogP contribution is -2.60. The van der Waals surface area contributed by atoms with Crippen molar-refractivity contribution in [1.82, 2.24) is 5.32 Å². The molecule has 1 rings (SSSR count). The van der Waals surface area contributed by atoms with Crippen LogP contribution < -0.4 is 5.32 Å². The van der Waals surface area contributed by atoms with Gasteiger partial charge in [0.15, 0.2) is 6.29 Å². The first-order valence-electron chi connectivity index (χ1n) is 20.2. The van der Waals surface area contributed by atoms with Crippen LogP contribution in [0.25, 0.3) is 0 Å². The SMILES string of the molecule is CCCCCCC/C=C\CCCCCCCC(=O)NC(COC1OC(CO)C(O)C(O)C1O)C(O)/C=C/CC/C=C/CCCCCCCCC. The van der Waals surface area contributed by atoms with E-state index in [1.54, 1.807) is 6.08 Å². The molecule has 0 aromatic heterocycles. The maximum Gasteiger partial charge on any atom is 0.220 e. The summed E-state index contributed by atoms with van der Waals surface area (Å²) < 4.78 is 11.1. The first kappa shape index (κ1) is 46.4. The maximum atomic E-state index is 12.9. The average molecular weight is 710 g/mol. The number of aliphatic hydroxyl groups excluding tert-OH is 5. The third kappa shape index (κ3) is 23.1. The van der Waals surface area contributed by atoms with Gasteiger partial charge in [-0.15, -0.1) is 0 Å². The Morgan fingerprint density at radius 1 is 0.660 bits per heavy atom. The minimum atomic E-state index is -1.57. The van der Waals surface area contributed by atoms with Crippen LogP contribution in [0.4, 0.5) is 0 Å². The second-order valence-electron chi connectivity index (χ2n) is 14.1. The summed E-state index contributed by atoms with van der Waals surface area (Å²) in [5, 5.41) is 53.9. The Balaban J connectivity index is 2.47. The molecule has 1 fully saturated rings. The van der Waals surface area contributed by atoms with E-state index in [0.29, 0.717) is 6.42 Å². The van der Waals surface area contributed by atoms with Gasteiger partial charge in [0.2, 0.25) is 5.91 Å². The number of nitrogens with one attached hydrogen (secondary N) is 1. The Hall–Kier alpha value is -1.59. The Morgan fingerprint density at radius 3 is 1.68 bits per heavy atom. The molecular weight excluding hydrogens is 634 g/mol. The van der Waals surface area contributed by atoms with E-state index in [1.165, 1.54) is 83.5 Å². The molecule has 1 saturated heterocycles. The number of carbonyl (C=O) groups excluding carboxylic acids is 1. The van der Waals surface area contributed by atoms with Crippen LogP contribution in [0.5, 0.6) is 0 Å². The Morgan fingerprint density at radius 2 is 1.14 bits per heavy atom. The highest BCUT2D eigenvalue weighted by molar-refractivity contribution is 5.76. The number of rotatable bonds is 32. The lowest BCUT2D eigenvalue weighted by molar-refractivity contribution is -0.302. The van der Waals surface area contributed by atoms with Crippen molar-refractivity contribution in [2.75, 3.05) is 13.2 Å². The van der Waals surface area contributed by atoms with Crippen molar-refractivity contribution >= 4 is 5.91 Å². The predicted molar refractivity (Wildman–Crippen MR) is 203 cm³/mol. The zero-order chi connectivity index (χ0) is 36.7. The van der Waals surface area contributed by atoms with Crippen molar-refractivity contribution < 1.29 is 39.8 Å². The fourth-order valence-corrected chi connectivity index (χ4v) is 6.10. The van der Waals surface area contributed by atoms with Crippen LogP contribution in [-0.2, 0) is 14.3 Å². The summed E-state index contributed by atoms with van der Waals surface area (Å²) in [5.41, 5.74) is 0. The Labute approximate surface area is 304 Å². The minimum absolute atomic E-state index is 0.199. The highest BCUT2D eigenvalue weighted by Crippen LogP contribution is 2.22. The molecule has 1 aliphatic rings. The highest BCUT2D eigenvalue weighted by Gasteiger charge is 2.44. The molecule has 6 N–H and O–H groups in total. The summed E-state index contributed by atoms with van der Waals surface area (Å²) >= 11 is 0. The molecule has 1 amide bonds. The monoisotopic (exact) mass is 710 g/mol. The van der Waals surface area contributed by atoms with E-state index in [1.807, 2.05) is 6.08 Å². The molecule has 0 aromatic rings. The van der Waals surface area contributed by atoms with E-state index in [2.05, 4.69) is 43.5 Å². The van der Waals surface area contributed by atoms with Crippen molar-refractivity contribution in [2.45, 2.75) is 204 Å². The highest BCUT2D eigenvalue weighted by atomic mass is 16.7. The summed E-state index contributed by atoms with van der Waals surface area (Å²) in [6, 6.07) is -0.822. The molecule has 50 heavy (non-hydrogen) atoms. The van der Waals surface area contributed by atoms with E-state index in [-0.39, 0.29) is 12.5 Å². The first-order valence-corrected chi connectivity index (χ1v) is 20.2. The summed E-state index contributed by atoms with van der Waals surface area (Å²) in [7, 11) is 0. The molecule has 0 aliphatic carbocycles. The normalized spacial score (nSPS) is 22.6. The van der Waals surface area contributed by atoms with Crippen molar-refractivity contribution in [1.29, 1.82) is 0 Å². The van der Waals surface area contributed by atoms with Gasteiger partial charge in [-0.05, 0) is 57.8 Å².